The normalized spacial score (nSPS) is 28.8. The van der Waals surface area contributed by atoms with E-state index in [0.29, 0.717) is 18.3 Å². The standard InChI is InChI=1S/C15H22O/c1-6-15(5,16)10-13-9-12(4)7-8-14(13)11(2)3/h1,9,13-14,16H,2,7-8,10H2,3-5H3/t13-,14+,15-/m1/s1. The molecule has 1 rings (SSSR count). The molecule has 1 N–H and O–H groups in total. The topological polar surface area (TPSA) is 20.2 Å². The molecule has 0 saturated carbocycles. The van der Waals surface area contributed by atoms with Gasteiger partial charge in [-0.25, -0.2) is 0 Å². The van der Waals surface area contributed by atoms with Gasteiger partial charge in [0.2, 0.25) is 0 Å². The molecule has 1 heteroatoms. The number of hydrogen-bond acceptors (Lipinski definition) is 1. The molecule has 0 amide bonds. The van der Waals surface area contributed by atoms with Gasteiger partial charge in [-0.15, -0.1) is 6.42 Å². The van der Waals surface area contributed by atoms with Crippen molar-refractivity contribution in [3.05, 3.63) is 23.8 Å². The van der Waals surface area contributed by atoms with Gasteiger partial charge in [0.05, 0.1) is 0 Å². The van der Waals surface area contributed by atoms with E-state index in [1.807, 2.05) is 0 Å². The van der Waals surface area contributed by atoms with Crippen molar-refractivity contribution in [2.45, 2.75) is 45.6 Å². The van der Waals surface area contributed by atoms with Crippen molar-refractivity contribution < 1.29 is 5.11 Å². The van der Waals surface area contributed by atoms with Gasteiger partial charge >= 0.3 is 0 Å². The number of terminal acetylenes is 1. The van der Waals surface area contributed by atoms with E-state index in [2.05, 4.69) is 32.4 Å². The highest BCUT2D eigenvalue weighted by molar-refractivity contribution is 5.17. The summed E-state index contributed by atoms with van der Waals surface area (Å²) in [5, 5.41) is 9.97. The fraction of sp³-hybridized carbons (Fsp3) is 0.600. The largest absolute Gasteiger partial charge is 0.378 e. The van der Waals surface area contributed by atoms with Crippen LogP contribution in [0.3, 0.4) is 0 Å². The quantitative estimate of drug-likeness (QED) is 0.569. The average Bonchev–Trinajstić information content (AvgIpc) is 2.16. The highest BCUT2D eigenvalue weighted by atomic mass is 16.3. The molecule has 0 radical (unpaired) electrons. The van der Waals surface area contributed by atoms with Crippen molar-refractivity contribution in [1.29, 1.82) is 0 Å². The van der Waals surface area contributed by atoms with E-state index in [4.69, 9.17) is 6.42 Å². The first-order valence-corrected chi connectivity index (χ1v) is 5.88. The number of rotatable bonds is 3. The Labute approximate surface area is 99.3 Å². The maximum atomic E-state index is 9.97. The molecule has 1 nitrogen and oxygen atoms in total. The second-order valence-electron chi connectivity index (χ2n) is 5.29. The molecule has 1 aliphatic carbocycles. The fourth-order valence-corrected chi connectivity index (χ4v) is 2.49. The SMILES string of the molecule is C#C[C@@](C)(O)C[C@H]1C=C(C)CC[C@H]1C(=C)C. The third-order valence-electron chi connectivity index (χ3n) is 3.44. The molecule has 0 heterocycles. The summed E-state index contributed by atoms with van der Waals surface area (Å²) in [6.07, 6.45) is 10.5. The van der Waals surface area contributed by atoms with Gasteiger partial charge in [0.1, 0.15) is 5.60 Å². The van der Waals surface area contributed by atoms with Crippen LogP contribution in [0.5, 0.6) is 0 Å². The summed E-state index contributed by atoms with van der Waals surface area (Å²) in [5.74, 6) is 3.25. The zero-order valence-electron chi connectivity index (χ0n) is 10.6. The van der Waals surface area contributed by atoms with Crippen molar-refractivity contribution in [3.63, 3.8) is 0 Å². The van der Waals surface area contributed by atoms with Crippen LogP contribution < -0.4 is 0 Å². The van der Waals surface area contributed by atoms with Crippen molar-refractivity contribution in [3.8, 4) is 12.3 Å². The monoisotopic (exact) mass is 218 g/mol. The summed E-state index contributed by atoms with van der Waals surface area (Å²) >= 11 is 0. The lowest BCUT2D eigenvalue weighted by Gasteiger charge is -2.33. The molecule has 0 aromatic carbocycles. The van der Waals surface area contributed by atoms with Crippen molar-refractivity contribution in [1.82, 2.24) is 0 Å². The smallest absolute Gasteiger partial charge is 0.123 e. The summed E-state index contributed by atoms with van der Waals surface area (Å²) in [4.78, 5) is 0. The van der Waals surface area contributed by atoms with Crippen LogP contribution in [0.1, 0.15) is 40.0 Å². The maximum Gasteiger partial charge on any atom is 0.123 e. The second-order valence-corrected chi connectivity index (χ2v) is 5.29. The molecular formula is C15H22O. The van der Waals surface area contributed by atoms with Gasteiger partial charge in [-0.05, 0) is 51.9 Å². The summed E-state index contributed by atoms with van der Waals surface area (Å²) in [6.45, 7) is 9.97. The van der Waals surface area contributed by atoms with E-state index in [1.165, 1.54) is 11.1 Å². The molecule has 0 fully saturated rings. The van der Waals surface area contributed by atoms with Gasteiger partial charge in [0.25, 0.3) is 0 Å². The molecule has 0 aromatic heterocycles. The molecular weight excluding hydrogens is 196 g/mol. The van der Waals surface area contributed by atoms with E-state index in [0.717, 1.165) is 12.8 Å². The van der Waals surface area contributed by atoms with E-state index < -0.39 is 5.60 Å². The minimum Gasteiger partial charge on any atom is -0.378 e. The molecule has 0 bridgehead atoms. The minimum absolute atomic E-state index is 0.331. The zero-order valence-corrected chi connectivity index (χ0v) is 10.6. The highest BCUT2D eigenvalue weighted by Gasteiger charge is 2.30. The second kappa shape index (κ2) is 4.89. The van der Waals surface area contributed by atoms with Gasteiger partial charge in [0.15, 0.2) is 0 Å². The van der Waals surface area contributed by atoms with Crippen LogP contribution in [0.15, 0.2) is 23.8 Å². The number of aliphatic hydroxyl groups is 1. The van der Waals surface area contributed by atoms with Gasteiger partial charge in [-0.2, -0.15) is 0 Å². The van der Waals surface area contributed by atoms with Crippen molar-refractivity contribution in [2.75, 3.05) is 0 Å². The van der Waals surface area contributed by atoms with Crippen LogP contribution in [-0.2, 0) is 0 Å². The van der Waals surface area contributed by atoms with Crippen LogP contribution in [0, 0.1) is 24.2 Å². The Balaban J connectivity index is 2.85. The molecule has 0 unspecified atom stereocenters. The molecule has 0 saturated heterocycles. The van der Waals surface area contributed by atoms with Gasteiger partial charge < -0.3 is 5.11 Å². The zero-order chi connectivity index (χ0) is 12.3. The Hall–Kier alpha value is -1.00. The highest BCUT2D eigenvalue weighted by Crippen LogP contribution is 2.37. The van der Waals surface area contributed by atoms with E-state index in [1.54, 1.807) is 6.92 Å². The first-order valence-electron chi connectivity index (χ1n) is 5.88. The summed E-state index contributed by atoms with van der Waals surface area (Å²) < 4.78 is 0. The fourth-order valence-electron chi connectivity index (χ4n) is 2.49. The lowest BCUT2D eigenvalue weighted by atomic mass is 9.73. The Kier molecular flexibility index (Phi) is 3.99. The first-order chi connectivity index (χ1) is 7.35. The van der Waals surface area contributed by atoms with E-state index >= 15 is 0 Å². The maximum absolute atomic E-state index is 9.97. The Morgan fingerprint density at radius 2 is 2.38 bits per heavy atom. The predicted octanol–water partition coefficient (Wildman–Crippen LogP) is 3.31. The van der Waals surface area contributed by atoms with Crippen molar-refractivity contribution >= 4 is 0 Å². The van der Waals surface area contributed by atoms with Crippen LogP contribution in [0.4, 0.5) is 0 Å². The lowest BCUT2D eigenvalue weighted by Crippen LogP contribution is -2.30. The number of hydrogen-bond donors (Lipinski definition) is 1. The van der Waals surface area contributed by atoms with Gasteiger partial charge in [-0.3, -0.25) is 0 Å². The third-order valence-corrected chi connectivity index (χ3v) is 3.44. The van der Waals surface area contributed by atoms with Crippen LogP contribution in [-0.4, -0.2) is 10.7 Å². The van der Waals surface area contributed by atoms with E-state index in [9.17, 15) is 5.11 Å². The first kappa shape index (κ1) is 13.1. The molecule has 0 spiro atoms. The molecule has 1 aliphatic rings. The van der Waals surface area contributed by atoms with E-state index in [-0.39, 0.29) is 0 Å². The van der Waals surface area contributed by atoms with Crippen LogP contribution in [0.2, 0.25) is 0 Å². The average molecular weight is 218 g/mol. The summed E-state index contributed by atoms with van der Waals surface area (Å²) in [5.41, 5.74) is 1.59. The van der Waals surface area contributed by atoms with Crippen LogP contribution >= 0.6 is 0 Å². The molecule has 3 atom stereocenters. The minimum atomic E-state index is -1.01. The third kappa shape index (κ3) is 3.25. The van der Waals surface area contributed by atoms with Crippen molar-refractivity contribution in [2.24, 2.45) is 11.8 Å². The van der Waals surface area contributed by atoms with Crippen LogP contribution in [0.25, 0.3) is 0 Å². The molecule has 0 aromatic rings. The molecule has 16 heavy (non-hydrogen) atoms. The molecule has 0 aliphatic heterocycles. The summed E-state index contributed by atoms with van der Waals surface area (Å²) in [7, 11) is 0. The lowest BCUT2D eigenvalue weighted by molar-refractivity contribution is 0.0892. The molecule has 88 valence electrons. The predicted molar refractivity (Wildman–Crippen MR) is 68.9 cm³/mol. The van der Waals surface area contributed by atoms with Gasteiger partial charge in [0, 0.05) is 0 Å². The summed E-state index contributed by atoms with van der Waals surface area (Å²) in [6, 6.07) is 0. The Morgan fingerprint density at radius 3 is 2.88 bits per heavy atom. The van der Waals surface area contributed by atoms with Gasteiger partial charge in [-0.1, -0.05) is 29.7 Å². The number of allylic oxidation sites excluding steroid dienone is 3. The Bertz CT molecular complexity index is 341. The Morgan fingerprint density at radius 1 is 1.75 bits per heavy atom.